The van der Waals surface area contributed by atoms with Crippen molar-refractivity contribution < 1.29 is 4.79 Å². The maximum Gasteiger partial charge on any atom is 0.242 e. The lowest BCUT2D eigenvalue weighted by Gasteiger charge is -2.21. The smallest absolute Gasteiger partial charge is 0.242 e. The molecule has 0 spiro atoms. The van der Waals surface area contributed by atoms with Gasteiger partial charge in [0.05, 0.1) is 6.04 Å². The zero-order valence-corrected chi connectivity index (χ0v) is 13.8. The van der Waals surface area contributed by atoms with Gasteiger partial charge in [-0.05, 0) is 26.3 Å². The highest BCUT2D eigenvalue weighted by molar-refractivity contribution is 7.15. The monoisotopic (exact) mass is 326 g/mol. The highest BCUT2D eigenvalue weighted by atomic mass is 35.5. The summed E-state index contributed by atoms with van der Waals surface area (Å²) in [6, 6.07) is 9.52. The molecule has 0 aliphatic rings. The first-order chi connectivity index (χ1) is 9.41. The fourth-order valence-electron chi connectivity index (χ4n) is 1.72. The predicted octanol–water partition coefficient (Wildman–Crippen LogP) is 2.57. The number of benzene rings is 1. The van der Waals surface area contributed by atoms with Gasteiger partial charge in [-0.3, -0.25) is 10.1 Å². The number of aromatic nitrogens is 2. The van der Waals surface area contributed by atoms with E-state index < -0.39 is 6.04 Å². The molecule has 21 heavy (non-hydrogen) atoms. The molecule has 1 heterocycles. The lowest BCUT2D eigenvalue weighted by atomic mass is 9.85. The minimum absolute atomic E-state index is 0. The van der Waals surface area contributed by atoms with Crippen molar-refractivity contribution in [3.05, 3.63) is 40.9 Å². The standard InChI is InChI=1S/C14H18N4OS.ClH/c1-9(15)11(19)16-13-18-17-12(20-13)14(2,3)10-7-5-4-6-8-10;/h4-9H,15H2,1-3H3,(H,16,18,19);1H/t9-;/m0./s1. The van der Waals surface area contributed by atoms with Crippen molar-refractivity contribution in [2.24, 2.45) is 5.73 Å². The maximum absolute atomic E-state index is 11.5. The van der Waals surface area contributed by atoms with Crippen LogP contribution in [0.5, 0.6) is 0 Å². The number of carbonyl (C=O) groups is 1. The van der Waals surface area contributed by atoms with E-state index >= 15 is 0 Å². The number of carbonyl (C=O) groups excluding carboxylic acids is 1. The van der Waals surface area contributed by atoms with E-state index in [1.54, 1.807) is 6.92 Å². The van der Waals surface area contributed by atoms with Crippen LogP contribution in [0.1, 0.15) is 31.3 Å². The molecule has 1 amide bonds. The summed E-state index contributed by atoms with van der Waals surface area (Å²) in [5.41, 5.74) is 6.41. The number of anilines is 1. The third kappa shape index (κ3) is 4.00. The second-order valence-corrected chi connectivity index (χ2v) is 6.16. The van der Waals surface area contributed by atoms with Crippen LogP contribution in [0.3, 0.4) is 0 Å². The van der Waals surface area contributed by atoms with Gasteiger partial charge < -0.3 is 5.73 Å². The van der Waals surface area contributed by atoms with Crippen molar-refractivity contribution in [2.75, 3.05) is 5.32 Å². The minimum Gasteiger partial charge on any atom is -0.320 e. The zero-order chi connectivity index (χ0) is 14.8. The van der Waals surface area contributed by atoms with E-state index in [4.69, 9.17) is 5.73 Å². The SMILES string of the molecule is C[C@H](N)C(=O)Nc1nnc(C(C)(C)c2ccccc2)s1.Cl. The van der Waals surface area contributed by atoms with Crippen molar-refractivity contribution in [1.29, 1.82) is 0 Å². The summed E-state index contributed by atoms with van der Waals surface area (Å²) in [5.74, 6) is -0.259. The Labute approximate surface area is 134 Å². The summed E-state index contributed by atoms with van der Waals surface area (Å²) in [6.07, 6.45) is 0. The summed E-state index contributed by atoms with van der Waals surface area (Å²) >= 11 is 1.37. The molecule has 3 N–H and O–H groups in total. The molecule has 1 aromatic carbocycles. The molecule has 0 fully saturated rings. The maximum atomic E-state index is 11.5. The summed E-state index contributed by atoms with van der Waals surface area (Å²) in [4.78, 5) is 11.5. The van der Waals surface area contributed by atoms with Crippen LogP contribution in [-0.2, 0) is 10.2 Å². The van der Waals surface area contributed by atoms with Gasteiger partial charge >= 0.3 is 0 Å². The quantitative estimate of drug-likeness (QED) is 0.904. The molecule has 2 rings (SSSR count). The van der Waals surface area contributed by atoms with Gasteiger partial charge in [-0.15, -0.1) is 22.6 Å². The second-order valence-electron chi connectivity index (χ2n) is 5.18. The second kappa shape index (κ2) is 6.98. The van der Waals surface area contributed by atoms with Gasteiger partial charge in [-0.2, -0.15) is 0 Å². The normalized spacial score (nSPS) is 12.4. The Bertz CT molecular complexity index is 598. The van der Waals surface area contributed by atoms with Crippen LogP contribution in [0.4, 0.5) is 5.13 Å². The van der Waals surface area contributed by atoms with E-state index in [-0.39, 0.29) is 23.7 Å². The average Bonchev–Trinajstić information content (AvgIpc) is 2.89. The van der Waals surface area contributed by atoms with Crippen molar-refractivity contribution in [2.45, 2.75) is 32.2 Å². The summed E-state index contributed by atoms with van der Waals surface area (Å²) in [7, 11) is 0. The van der Waals surface area contributed by atoms with Gasteiger partial charge in [0.15, 0.2) is 0 Å². The highest BCUT2D eigenvalue weighted by Gasteiger charge is 2.27. The number of nitrogens with two attached hydrogens (primary N) is 1. The number of nitrogens with zero attached hydrogens (tertiary/aromatic N) is 2. The Morgan fingerprint density at radius 3 is 2.48 bits per heavy atom. The van der Waals surface area contributed by atoms with E-state index in [1.807, 2.05) is 18.2 Å². The van der Waals surface area contributed by atoms with E-state index in [1.165, 1.54) is 11.3 Å². The first kappa shape index (κ1) is 17.6. The van der Waals surface area contributed by atoms with Crippen LogP contribution in [0.2, 0.25) is 0 Å². The largest absolute Gasteiger partial charge is 0.320 e. The topological polar surface area (TPSA) is 80.9 Å². The Morgan fingerprint density at radius 2 is 1.90 bits per heavy atom. The molecule has 1 aromatic heterocycles. The van der Waals surface area contributed by atoms with E-state index in [0.29, 0.717) is 5.13 Å². The van der Waals surface area contributed by atoms with Gasteiger partial charge in [0.1, 0.15) is 5.01 Å². The van der Waals surface area contributed by atoms with Crippen molar-refractivity contribution in [1.82, 2.24) is 10.2 Å². The molecular formula is C14H19ClN4OS. The molecule has 0 saturated heterocycles. The number of hydrogen-bond donors (Lipinski definition) is 2. The molecule has 0 saturated carbocycles. The number of amides is 1. The molecule has 5 nitrogen and oxygen atoms in total. The van der Waals surface area contributed by atoms with Gasteiger partial charge in [0.25, 0.3) is 0 Å². The summed E-state index contributed by atoms with van der Waals surface area (Å²) in [6.45, 7) is 5.80. The Morgan fingerprint density at radius 1 is 1.29 bits per heavy atom. The lowest BCUT2D eigenvalue weighted by molar-refractivity contribution is -0.117. The third-order valence-electron chi connectivity index (χ3n) is 3.10. The van der Waals surface area contributed by atoms with Crippen LogP contribution in [0.15, 0.2) is 30.3 Å². The molecule has 0 aliphatic carbocycles. The van der Waals surface area contributed by atoms with Crippen LogP contribution >= 0.6 is 23.7 Å². The van der Waals surface area contributed by atoms with E-state index in [9.17, 15) is 4.79 Å². The molecule has 114 valence electrons. The van der Waals surface area contributed by atoms with Crippen LogP contribution in [0.25, 0.3) is 0 Å². The van der Waals surface area contributed by atoms with Gasteiger partial charge in [0, 0.05) is 5.41 Å². The number of halogens is 1. The molecule has 2 aromatic rings. The number of hydrogen-bond acceptors (Lipinski definition) is 5. The molecule has 0 bridgehead atoms. The molecule has 7 heteroatoms. The first-order valence-electron chi connectivity index (χ1n) is 6.37. The van der Waals surface area contributed by atoms with Crippen molar-refractivity contribution in [3.63, 3.8) is 0 Å². The molecular weight excluding hydrogens is 308 g/mol. The molecule has 0 aliphatic heterocycles. The van der Waals surface area contributed by atoms with Gasteiger partial charge in [0.2, 0.25) is 11.0 Å². The highest BCUT2D eigenvalue weighted by Crippen LogP contribution is 2.34. The molecule has 0 radical (unpaired) electrons. The fraction of sp³-hybridized carbons (Fsp3) is 0.357. The van der Waals surface area contributed by atoms with E-state index in [2.05, 4.69) is 41.5 Å². The molecule has 0 unspecified atom stereocenters. The summed E-state index contributed by atoms with van der Waals surface area (Å²) < 4.78 is 0. The summed E-state index contributed by atoms with van der Waals surface area (Å²) in [5, 5.41) is 12.2. The fourth-order valence-corrected chi connectivity index (χ4v) is 2.59. The van der Waals surface area contributed by atoms with Gasteiger partial charge in [-0.1, -0.05) is 41.7 Å². The van der Waals surface area contributed by atoms with Crippen LogP contribution in [0, 0.1) is 0 Å². The van der Waals surface area contributed by atoms with Crippen molar-refractivity contribution >= 4 is 34.8 Å². The van der Waals surface area contributed by atoms with Gasteiger partial charge in [-0.25, -0.2) is 0 Å². The first-order valence-corrected chi connectivity index (χ1v) is 7.19. The minimum atomic E-state index is -0.565. The Balaban J connectivity index is 0.00000220. The lowest BCUT2D eigenvalue weighted by Crippen LogP contribution is -2.32. The molecule has 1 atom stereocenters. The Kier molecular flexibility index (Phi) is 5.83. The Hall–Kier alpha value is -1.50. The van der Waals surface area contributed by atoms with E-state index in [0.717, 1.165) is 10.6 Å². The number of rotatable bonds is 4. The van der Waals surface area contributed by atoms with Crippen molar-refractivity contribution in [3.8, 4) is 0 Å². The van der Waals surface area contributed by atoms with Crippen LogP contribution in [-0.4, -0.2) is 22.1 Å². The third-order valence-corrected chi connectivity index (χ3v) is 4.26. The predicted molar refractivity (Wildman–Crippen MR) is 88.0 cm³/mol. The zero-order valence-electron chi connectivity index (χ0n) is 12.2. The average molecular weight is 327 g/mol. The number of nitrogens with one attached hydrogen (secondary N) is 1. The van der Waals surface area contributed by atoms with Crippen LogP contribution < -0.4 is 11.1 Å².